The number of ether oxygens (including phenoxy) is 2. The van der Waals surface area contributed by atoms with Gasteiger partial charge in [-0.1, -0.05) is 42.5 Å². The van der Waals surface area contributed by atoms with E-state index >= 15 is 0 Å². The highest BCUT2D eigenvalue weighted by Gasteiger charge is 2.35. The lowest BCUT2D eigenvalue weighted by Crippen LogP contribution is -2.40. The second kappa shape index (κ2) is 6.66. The second-order valence-corrected chi connectivity index (χ2v) is 7.69. The smallest absolute Gasteiger partial charge is 0.254 e. The number of benzene rings is 3. The van der Waals surface area contributed by atoms with E-state index in [0.717, 1.165) is 34.7 Å². The summed E-state index contributed by atoms with van der Waals surface area (Å²) in [6.45, 7) is 0.884. The number of nitrogens with zero attached hydrogens (tertiary/aromatic N) is 1. The van der Waals surface area contributed by atoms with Crippen LogP contribution in [-0.4, -0.2) is 29.1 Å². The van der Waals surface area contributed by atoms with Gasteiger partial charge in [-0.15, -0.1) is 0 Å². The van der Waals surface area contributed by atoms with Crippen molar-refractivity contribution < 1.29 is 14.3 Å². The Hall–Kier alpha value is -3.73. The number of rotatable bonds is 2. The third-order valence-electron chi connectivity index (χ3n) is 6.03. The normalized spacial score (nSPS) is 17.2. The molecule has 2 aliphatic heterocycles. The van der Waals surface area contributed by atoms with Crippen molar-refractivity contribution in [2.75, 3.05) is 13.3 Å². The summed E-state index contributed by atoms with van der Waals surface area (Å²) < 4.78 is 11.1. The van der Waals surface area contributed by atoms with Crippen molar-refractivity contribution in [2.24, 2.45) is 0 Å². The highest BCUT2D eigenvalue weighted by molar-refractivity contribution is 5.95. The minimum Gasteiger partial charge on any atom is -0.454 e. The Kier molecular flexibility index (Phi) is 3.81. The van der Waals surface area contributed by atoms with Gasteiger partial charge < -0.3 is 19.4 Å². The Labute approximate surface area is 173 Å². The van der Waals surface area contributed by atoms with Crippen molar-refractivity contribution in [3.05, 3.63) is 95.2 Å². The Balaban J connectivity index is 1.52. The van der Waals surface area contributed by atoms with Crippen LogP contribution >= 0.6 is 0 Å². The van der Waals surface area contributed by atoms with E-state index in [-0.39, 0.29) is 18.7 Å². The number of para-hydroxylation sites is 1. The van der Waals surface area contributed by atoms with Crippen molar-refractivity contribution in [3.8, 4) is 11.5 Å². The highest BCUT2D eigenvalue weighted by Crippen LogP contribution is 2.42. The second-order valence-electron chi connectivity index (χ2n) is 7.69. The minimum atomic E-state index is -0.219. The van der Waals surface area contributed by atoms with Crippen molar-refractivity contribution in [2.45, 2.75) is 12.5 Å². The van der Waals surface area contributed by atoms with Gasteiger partial charge in [0.15, 0.2) is 11.5 Å². The maximum atomic E-state index is 13.5. The molecule has 4 aromatic rings. The molecule has 0 aliphatic carbocycles. The molecule has 0 spiro atoms. The molecule has 0 bridgehead atoms. The van der Waals surface area contributed by atoms with Gasteiger partial charge in [-0.05, 0) is 47.9 Å². The van der Waals surface area contributed by atoms with Crippen LogP contribution in [0.3, 0.4) is 0 Å². The van der Waals surface area contributed by atoms with Crippen molar-refractivity contribution in [1.29, 1.82) is 0 Å². The molecule has 1 amide bonds. The molecule has 1 N–H and O–H groups in total. The molecule has 30 heavy (non-hydrogen) atoms. The Morgan fingerprint density at radius 2 is 1.73 bits per heavy atom. The molecule has 2 aliphatic rings. The molecule has 0 unspecified atom stereocenters. The molecule has 6 rings (SSSR count). The quantitative estimate of drug-likeness (QED) is 0.535. The number of H-pyrrole nitrogens is 1. The van der Waals surface area contributed by atoms with Crippen LogP contribution in [0.2, 0.25) is 0 Å². The molecule has 5 nitrogen and oxygen atoms in total. The molecule has 0 radical (unpaired) electrons. The average molecular weight is 396 g/mol. The molecule has 3 heterocycles. The summed E-state index contributed by atoms with van der Waals surface area (Å²) in [5.41, 5.74) is 5.16. The van der Waals surface area contributed by atoms with Crippen molar-refractivity contribution >= 4 is 16.8 Å². The summed E-state index contributed by atoms with van der Waals surface area (Å²) in [5, 5.41) is 1.23. The molecular weight excluding hydrogens is 376 g/mol. The van der Waals surface area contributed by atoms with Gasteiger partial charge in [-0.2, -0.15) is 0 Å². The van der Waals surface area contributed by atoms with E-state index in [4.69, 9.17) is 9.47 Å². The average Bonchev–Trinajstić information content (AvgIpc) is 3.42. The first-order chi connectivity index (χ1) is 14.8. The van der Waals surface area contributed by atoms with E-state index in [1.54, 1.807) is 0 Å². The van der Waals surface area contributed by atoms with E-state index in [1.165, 1.54) is 10.9 Å². The monoisotopic (exact) mass is 396 g/mol. The van der Waals surface area contributed by atoms with Gasteiger partial charge in [0.25, 0.3) is 5.91 Å². The van der Waals surface area contributed by atoms with E-state index in [0.29, 0.717) is 12.1 Å². The number of aromatic nitrogens is 1. The van der Waals surface area contributed by atoms with E-state index in [2.05, 4.69) is 23.2 Å². The molecule has 1 aromatic heterocycles. The minimum absolute atomic E-state index is 0.0302. The maximum absolute atomic E-state index is 13.5. The van der Waals surface area contributed by atoms with Crippen LogP contribution in [0, 0.1) is 0 Å². The number of amides is 1. The van der Waals surface area contributed by atoms with Gasteiger partial charge >= 0.3 is 0 Å². The Morgan fingerprint density at radius 3 is 2.63 bits per heavy atom. The summed E-state index contributed by atoms with van der Waals surface area (Å²) in [7, 11) is 0. The summed E-state index contributed by atoms with van der Waals surface area (Å²) in [6, 6.07) is 23.6. The zero-order chi connectivity index (χ0) is 20.1. The maximum Gasteiger partial charge on any atom is 0.254 e. The lowest BCUT2D eigenvalue weighted by atomic mass is 9.91. The van der Waals surface area contributed by atoms with Crippen LogP contribution in [-0.2, 0) is 6.42 Å². The first-order valence-corrected chi connectivity index (χ1v) is 10.1. The highest BCUT2D eigenvalue weighted by atomic mass is 16.7. The summed E-state index contributed by atoms with van der Waals surface area (Å²) in [6.07, 6.45) is 0.818. The van der Waals surface area contributed by atoms with Crippen LogP contribution < -0.4 is 9.47 Å². The zero-order valence-corrected chi connectivity index (χ0v) is 16.3. The number of hydrogen-bond acceptors (Lipinski definition) is 3. The van der Waals surface area contributed by atoms with Crippen LogP contribution in [0.5, 0.6) is 11.5 Å². The van der Waals surface area contributed by atoms with Gasteiger partial charge in [0.2, 0.25) is 6.79 Å². The molecule has 5 heteroatoms. The van der Waals surface area contributed by atoms with Crippen LogP contribution in [0.1, 0.15) is 33.2 Å². The number of hydrogen-bond donors (Lipinski definition) is 1. The zero-order valence-electron chi connectivity index (χ0n) is 16.3. The first kappa shape index (κ1) is 17.2. The van der Waals surface area contributed by atoms with E-state index < -0.39 is 0 Å². The predicted molar refractivity (Wildman–Crippen MR) is 114 cm³/mol. The number of fused-ring (bicyclic) bond motifs is 4. The third kappa shape index (κ3) is 2.59. The SMILES string of the molecule is O=C(c1ccccc1)N1CCc2c([nH]c3ccccc23)[C@@H]1c1ccc2c(c1)OCO2. The summed E-state index contributed by atoms with van der Waals surface area (Å²) in [5.74, 6) is 1.50. The molecule has 0 saturated carbocycles. The molecule has 148 valence electrons. The van der Waals surface area contributed by atoms with Crippen LogP contribution in [0.4, 0.5) is 0 Å². The number of aromatic amines is 1. The summed E-state index contributed by atoms with van der Waals surface area (Å²) in [4.78, 5) is 19.1. The Bertz CT molecular complexity index is 1260. The van der Waals surface area contributed by atoms with Gasteiger partial charge in [0, 0.05) is 28.7 Å². The lowest BCUT2D eigenvalue weighted by Gasteiger charge is -2.36. The first-order valence-electron chi connectivity index (χ1n) is 10.1. The predicted octanol–water partition coefficient (Wildman–Crippen LogP) is 4.68. The van der Waals surface area contributed by atoms with Gasteiger partial charge in [0.1, 0.15) is 0 Å². The van der Waals surface area contributed by atoms with Crippen molar-refractivity contribution in [3.63, 3.8) is 0 Å². The topological polar surface area (TPSA) is 54.6 Å². The fourth-order valence-corrected chi connectivity index (χ4v) is 4.64. The fraction of sp³-hybridized carbons (Fsp3) is 0.160. The lowest BCUT2D eigenvalue weighted by molar-refractivity contribution is 0.0691. The number of nitrogens with one attached hydrogen (secondary N) is 1. The molecule has 3 aromatic carbocycles. The van der Waals surface area contributed by atoms with Gasteiger partial charge in [-0.25, -0.2) is 0 Å². The standard InChI is InChI=1S/C25H20N2O3/c28-25(16-6-2-1-3-7-16)27-13-12-19-18-8-4-5-9-20(18)26-23(19)24(27)17-10-11-21-22(14-17)30-15-29-21/h1-11,14,24,26H,12-13,15H2/t24-/m0/s1. The molecule has 0 saturated heterocycles. The number of carbonyl (C=O) groups is 1. The third-order valence-corrected chi connectivity index (χ3v) is 6.03. The van der Waals surface area contributed by atoms with Crippen molar-refractivity contribution in [1.82, 2.24) is 9.88 Å². The largest absolute Gasteiger partial charge is 0.454 e. The van der Waals surface area contributed by atoms with Crippen LogP contribution in [0.25, 0.3) is 10.9 Å². The Morgan fingerprint density at radius 1 is 0.933 bits per heavy atom. The summed E-state index contributed by atoms with van der Waals surface area (Å²) >= 11 is 0. The van der Waals surface area contributed by atoms with E-state index in [9.17, 15) is 4.79 Å². The van der Waals surface area contributed by atoms with Gasteiger partial charge in [-0.3, -0.25) is 4.79 Å². The molecule has 0 fully saturated rings. The number of carbonyl (C=O) groups excluding carboxylic acids is 1. The van der Waals surface area contributed by atoms with Gasteiger partial charge in [0.05, 0.1) is 6.04 Å². The van der Waals surface area contributed by atoms with Crippen LogP contribution in [0.15, 0.2) is 72.8 Å². The molecule has 1 atom stereocenters. The van der Waals surface area contributed by atoms with E-state index in [1.807, 2.05) is 59.5 Å². The fourth-order valence-electron chi connectivity index (χ4n) is 4.64. The molecular formula is C25H20N2O3.